The number of aliphatic imine (C=N–C) groups is 1. The maximum absolute atomic E-state index is 10.8. The topological polar surface area (TPSA) is 77.0 Å². The Morgan fingerprint density at radius 3 is 2.89 bits per heavy atom. The van der Waals surface area contributed by atoms with Crippen LogP contribution in [0.2, 0.25) is 0 Å². The van der Waals surface area contributed by atoms with Gasteiger partial charge in [-0.2, -0.15) is 0 Å². The Kier molecular flexibility index (Phi) is 7.72. The van der Waals surface area contributed by atoms with Crippen molar-refractivity contribution in [1.82, 2.24) is 15.5 Å². The minimum absolute atomic E-state index is 0.0762. The van der Waals surface area contributed by atoms with Gasteiger partial charge in [-0.25, -0.2) is 0 Å². The zero-order valence-corrected chi connectivity index (χ0v) is 11.1. The smallest absolute Gasteiger partial charge is 0.317 e. The average Bonchev–Trinajstić information content (AvgIpc) is 2.35. The number of nitrogens with zero attached hydrogens (tertiary/aromatic N) is 2. The van der Waals surface area contributed by atoms with Gasteiger partial charge < -0.3 is 15.7 Å². The van der Waals surface area contributed by atoms with Crippen LogP contribution in [0, 0.1) is 0 Å². The Hall–Kier alpha value is -1.50. The molecule has 6 nitrogen and oxygen atoms in total. The Balaban J connectivity index is 2.53. The summed E-state index contributed by atoms with van der Waals surface area (Å²) in [5.74, 6) is -0.791. The molecular weight excluding hydrogens is 244 g/mol. The number of rotatable bonds is 3. The summed E-state index contributed by atoms with van der Waals surface area (Å²) in [5, 5.41) is 15.3. The van der Waals surface area contributed by atoms with E-state index in [0.29, 0.717) is 19.6 Å². The average molecular weight is 266 g/mol. The molecule has 0 aromatic heterocycles. The zero-order valence-electron chi connectivity index (χ0n) is 11.1. The van der Waals surface area contributed by atoms with Crippen molar-refractivity contribution in [3.63, 3.8) is 0 Å². The lowest BCUT2D eigenvalue weighted by Crippen LogP contribution is -2.40. The minimum atomic E-state index is -0.791. The molecule has 1 heterocycles. The highest BCUT2D eigenvalue weighted by molar-refractivity contribution is 5.69. The quantitative estimate of drug-likeness (QED) is 0.654. The Bertz CT molecular complexity index is 353. The molecular formula is C13H22N4O2. The zero-order chi connectivity index (χ0) is 13.9. The van der Waals surface area contributed by atoms with Crippen molar-refractivity contribution < 1.29 is 9.90 Å². The van der Waals surface area contributed by atoms with Gasteiger partial charge in [-0.15, -0.1) is 0 Å². The van der Waals surface area contributed by atoms with Crippen molar-refractivity contribution in [2.24, 2.45) is 4.99 Å². The van der Waals surface area contributed by atoms with Gasteiger partial charge in [-0.05, 0) is 6.08 Å². The summed E-state index contributed by atoms with van der Waals surface area (Å²) >= 11 is 0. The molecule has 0 unspecified atom stereocenters. The first-order valence-electron chi connectivity index (χ1n) is 6.42. The van der Waals surface area contributed by atoms with Crippen LogP contribution in [0.5, 0.6) is 0 Å². The number of carbonyl (C=O) groups is 1. The third kappa shape index (κ3) is 7.50. The molecule has 106 valence electrons. The van der Waals surface area contributed by atoms with Crippen molar-refractivity contribution in [1.29, 1.82) is 0 Å². The fourth-order valence-corrected chi connectivity index (χ4v) is 1.77. The summed E-state index contributed by atoms with van der Waals surface area (Å²) in [6.45, 7) is 7.98. The van der Waals surface area contributed by atoms with Gasteiger partial charge in [-0.1, -0.05) is 12.7 Å². The van der Waals surface area contributed by atoms with Crippen molar-refractivity contribution >= 4 is 12.2 Å². The lowest BCUT2D eigenvalue weighted by atomic mass is 10.3. The maximum Gasteiger partial charge on any atom is 0.317 e. The van der Waals surface area contributed by atoms with E-state index in [9.17, 15) is 4.79 Å². The van der Waals surface area contributed by atoms with E-state index in [1.807, 2.05) is 17.2 Å². The molecule has 19 heavy (non-hydrogen) atoms. The van der Waals surface area contributed by atoms with Crippen molar-refractivity contribution in [3.8, 4) is 0 Å². The second-order valence-corrected chi connectivity index (χ2v) is 4.26. The van der Waals surface area contributed by atoms with Gasteiger partial charge >= 0.3 is 5.97 Å². The first kappa shape index (κ1) is 15.6. The minimum Gasteiger partial charge on any atom is -0.480 e. The molecule has 1 aliphatic rings. The van der Waals surface area contributed by atoms with E-state index in [2.05, 4.69) is 22.2 Å². The maximum atomic E-state index is 10.8. The van der Waals surface area contributed by atoms with Crippen LogP contribution in [0.3, 0.4) is 0 Å². The summed E-state index contributed by atoms with van der Waals surface area (Å²) < 4.78 is 0. The largest absolute Gasteiger partial charge is 0.480 e. The van der Waals surface area contributed by atoms with E-state index in [-0.39, 0.29) is 6.54 Å². The predicted molar refractivity (Wildman–Crippen MR) is 76.6 cm³/mol. The molecule has 0 radical (unpaired) electrons. The third-order valence-electron chi connectivity index (χ3n) is 2.68. The van der Waals surface area contributed by atoms with E-state index in [4.69, 9.17) is 5.11 Å². The Morgan fingerprint density at radius 1 is 1.47 bits per heavy atom. The molecule has 0 fully saturated rings. The summed E-state index contributed by atoms with van der Waals surface area (Å²) in [6, 6.07) is 0. The first-order valence-corrected chi connectivity index (χ1v) is 6.42. The molecule has 1 aliphatic heterocycles. The van der Waals surface area contributed by atoms with Gasteiger partial charge in [0.05, 0.1) is 12.2 Å². The second kappa shape index (κ2) is 9.43. The first-order chi connectivity index (χ1) is 9.22. The molecule has 0 spiro atoms. The number of aliphatic carboxylic acids is 1. The van der Waals surface area contributed by atoms with Gasteiger partial charge in [0.2, 0.25) is 0 Å². The molecule has 6 heteroatoms. The standard InChI is InChI=1S/C13H22N4O2/c1-2-3-12-10-15-7-9-17(11-13(18)19)8-6-14-4-5-16-12/h2-3,5,14-15H,1,4,6-11H2,(H,18,19). The van der Waals surface area contributed by atoms with Crippen LogP contribution in [0.25, 0.3) is 0 Å². The lowest BCUT2D eigenvalue weighted by Gasteiger charge is -2.21. The van der Waals surface area contributed by atoms with Gasteiger partial charge in [0.1, 0.15) is 0 Å². The van der Waals surface area contributed by atoms with Crippen molar-refractivity contribution in [3.05, 3.63) is 24.4 Å². The van der Waals surface area contributed by atoms with Crippen LogP contribution < -0.4 is 10.6 Å². The van der Waals surface area contributed by atoms with E-state index in [1.54, 1.807) is 6.08 Å². The highest BCUT2D eigenvalue weighted by Crippen LogP contribution is 1.95. The number of hydrogen-bond acceptors (Lipinski definition) is 5. The fraction of sp³-hybridized carbons (Fsp3) is 0.538. The monoisotopic (exact) mass is 266 g/mol. The molecule has 0 amide bonds. The number of allylic oxidation sites excluding steroid dienone is 2. The van der Waals surface area contributed by atoms with Crippen LogP contribution in [0.15, 0.2) is 29.4 Å². The molecule has 3 N–H and O–H groups in total. The van der Waals surface area contributed by atoms with Crippen LogP contribution in [-0.2, 0) is 4.79 Å². The van der Waals surface area contributed by atoms with E-state index in [0.717, 1.165) is 25.3 Å². The lowest BCUT2D eigenvalue weighted by molar-refractivity contribution is -0.138. The van der Waals surface area contributed by atoms with Crippen LogP contribution in [0.4, 0.5) is 0 Å². The third-order valence-corrected chi connectivity index (χ3v) is 2.68. The molecule has 0 aliphatic carbocycles. The van der Waals surface area contributed by atoms with Crippen LogP contribution in [0.1, 0.15) is 0 Å². The van der Waals surface area contributed by atoms with Crippen molar-refractivity contribution in [2.75, 3.05) is 45.8 Å². The van der Waals surface area contributed by atoms with E-state index < -0.39 is 5.97 Å². The van der Waals surface area contributed by atoms with E-state index in [1.165, 1.54) is 0 Å². The molecule has 1 rings (SSSR count). The number of carboxylic acid groups (broad SMARTS) is 1. The van der Waals surface area contributed by atoms with Gasteiger partial charge in [0, 0.05) is 45.5 Å². The number of carboxylic acids is 1. The highest BCUT2D eigenvalue weighted by Gasteiger charge is 2.09. The fourth-order valence-electron chi connectivity index (χ4n) is 1.77. The van der Waals surface area contributed by atoms with Crippen LogP contribution >= 0.6 is 0 Å². The summed E-state index contributed by atoms with van der Waals surface area (Å²) in [7, 11) is 0. The van der Waals surface area contributed by atoms with Gasteiger partial charge in [0.15, 0.2) is 0 Å². The summed E-state index contributed by atoms with van der Waals surface area (Å²) in [5.41, 5.74) is 0.919. The molecule has 0 bridgehead atoms. The normalized spacial score (nSPS) is 21.6. The molecule has 0 aromatic carbocycles. The van der Waals surface area contributed by atoms with Crippen molar-refractivity contribution in [2.45, 2.75) is 0 Å². The summed E-state index contributed by atoms with van der Waals surface area (Å²) in [4.78, 5) is 17.0. The molecule has 0 saturated carbocycles. The Morgan fingerprint density at radius 2 is 2.21 bits per heavy atom. The summed E-state index contributed by atoms with van der Waals surface area (Å²) in [6.07, 6.45) is 5.40. The predicted octanol–water partition coefficient (Wildman–Crippen LogP) is -0.293. The number of nitrogens with one attached hydrogen (secondary N) is 2. The highest BCUT2D eigenvalue weighted by atomic mass is 16.4. The SMILES string of the molecule is C=CC=C1CNCCN(CC(=O)O)CCNCC=N1. The van der Waals surface area contributed by atoms with E-state index >= 15 is 0 Å². The molecule has 0 saturated heterocycles. The Labute approximate surface area is 113 Å². The number of hydrogen-bond donors (Lipinski definition) is 3. The molecule has 0 aromatic rings. The van der Waals surface area contributed by atoms with Crippen LogP contribution in [-0.4, -0.2) is 68.0 Å². The van der Waals surface area contributed by atoms with Gasteiger partial charge in [0.25, 0.3) is 0 Å². The second-order valence-electron chi connectivity index (χ2n) is 4.26. The molecule has 0 atom stereocenters. The van der Waals surface area contributed by atoms with Gasteiger partial charge in [-0.3, -0.25) is 14.7 Å².